The second-order valence-electron chi connectivity index (χ2n) is 3.73. The van der Waals surface area contributed by atoms with Gasteiger partial charge in [0.25, 0.3) is 0 Å². The van der Waals surface area contributed by atoms with Crippen LogP contribution in [0.1, 0.15) is 18.5 Å². The quantitative estimate of drug-likeness (QED) is 0.659. The number of nitrogens with one attached hydrogen (secondary N) is 1. The van der Waals surface area contributed by atoms with Crippen LogP contribution in [0.3, 0.4) is 0 Å². The molecule has 0 aliphatic rings. The summed E-state index contributed by atoms with van der Waals surface area (Å²) in [5, 5.41) is 21.2. The number of hydrogen-bond acceptors (Lipinski definition) is 4. The van der Waals surface area contributed by atoms with Gasteiger partial charge in [-0.1, -0.05) is 12.1 Å². The number of hydrogen-bond donors (Lipinski definition) is 3. The molecule has 0 aromatic heterocycles. The highest BCUT2D eigenvalue weighted by Gasteiger charge is 2.06. The number of aliphatic hydroxyl groups is 2. The number of rotatable bonds is 6. The first kappa shape index (κ1) is 13.5. The molecule has 1 rings (SSSR count). The van der Waals surface area contributed by atoms with Gasteiger partial charge in [-0.15, -0.1) is 11.8 Å². The topological polar surface area (TPSA) is 52.5 Å². The van der Waals surface area contributed by atoms with Crippen molar-refractivity contribution in [3.05, 3.63) is 29.8 Å². The third-order valence-corrected chi connectivity index (χ3v) is 3.58. The maximum Gasteiger partial charge on any atom is 0.0864 e. The van der Waals surface area contributed by atoms with Gasteiger partial charge in [-0.25, -0.2) is 0 Å². The van der Waals surface area contributed by atoms with Crippen LogP contribution in [-0.2, 0) is 0 Å². The van der Waals surface area contributed by atoms with E-state index in [9.17, 15) is 5.11 Å². The maximum absolute atomic E-state index is 9.26. The minimum absolute atomic E-state index is 0.181. The van der Waals surface area contributed by atoms with Crippen molar-refractivity contribution in [3.8, 4) is 0 Å². The van der Waals surface area contributed by atoms with Gasteiger partial charge in [0.05, 0.1) is 12.7 Å². The summed E-state index contributed by atoms with van der Waals surface area (Å²) < 4.78 is 0. The van der Waals surface area contributed by atoms with Gasteiger partial charge in [0.2, 0.25) is 0 Å². The summed E-state index contributed by atoms with van der Waals surface area (Å²) in [6.07, 6.45) is -0.643. The van der Waals surface area contributed by atoms with Crippen molar-refractivity contribution >= 4 is 11.8 Å². The number of aliphatic hydroxyl groups excluding tert-OH is 2. The summed E-state index contributed by atoms with van der Waals surface area (Å²) in [4.78, 5) is 1.12. The highest BCUT2D eigenvalue weighted by Crippen LogP contribution is 2.22. The Morgan fingerprint density at radius 1 is 1.44 bits per heavy atom. The Morgan fingerprint density at radius 3 is 2.81 bits per heavy atom. The standard InChI is InChI=1S/C12H19NO2S/c1-9(13-2)10-4-3-5-12(6-10)16-8-11(15)7-14/h3-6,9,11,13-15H,7-8H2,1-2H3. The zero-order valence-electron chi connectivity index (χ0n) is 9.68. The molecule has 0 amide bonds. The molecule has 4 heteroatoms. The van der Waals surface area contributed by atoms with E-state index in [-0.39, 0.29) is 6.61 Å². The van der Waals surface area contributed by atoms with E-state index in [4.69, 9.17) is 5.11 Å². The molecular weight excluding hydrogens is 222 g/mol. The first-order valence-corrected chi connectivity index (χ1v) is 6.35. The summed E-state index contributed by atoms with van der Waals surface area (Å²) in [6, 6.07) is 8.53. The average Bonchev–Trinajstić information content (AvgIpc) is 2.35. The van der Waals surface area contributed by atoms with Crippen molar-refractivity contribution in [1.29, 1.82) is 0 Å². The largest absolute Gasteiger partial charge is 0.394 e. The summed E-state index contributed by atoms with van der Waals surface area (Å²) in [6.45, 7) is 1.92. The predicted molar refractivity (Wildman–Crippen MR) is 67.7 cm³/mol. The van der Waals surface area contributed by atoms with Gasteiger partial charge in [0, 0.05) is 16.7 Å². The van der Waals surface area contributed by atoms with Crippen molar-refractivity contribution in [2.24, 2.45) is 0 Å². The van der Waals surface area contributed by atoms with E-state index in [1.165, 1.54) is 5.56 Å². The van der Waals surface area contributed by atoms with E-state index in [1.807, 2.05) is 19.2 Å². The zero-order chi connectivity index (χ0) is 12.0. The monoisotopic (exact) mass is 241 g/mol. The van der Waals surface area contributed by atoms with Gasteiger partial charge >= 0.3 is 0 Å². The summed E-state index contributed by atoms with van der Waals surface area (Å²) >= 11 is 1.56. The normalized spacial score (nSPS) is 14.8. The molecule has 2 atom stereocenters. The van der Waals surface area contributed by atoms with Crippen LogP contribution in [0.5, 0.6) is 0 Å². The van der Waals surface area contributed by atoms with Crippen LogP contribution in [0.15, 0.2) is 29.2 Å². The van der Waals surface area contributed by atoms with E-state index < -0.39 is 6.10 Å². The predicted octanol–water partition coefficient (Wildman–Crippen LogP) is 1.41. The van der Waals surface area contributed by atoms with E-state index >= 15 is 0 Å². The molecule has 0 bridgehead atoms. The van der Waals surface area contributed by atoms with Crippen molar-refractivity contribution < 1.29 is 10.2 Å². The van der Waals surface area contributed by atoms with Crippen LogP contribution in [-0.4, -0.2) is 35.7 Å². The molecule has 90 valence electrons. The Kier molecular flexibility index (Phi) is 5.84. The molecule has 0 saturated carbocycles. The molecule has 0 spiro atoms. The number of benzene rings is 1. The smallest absolute Gasteiger partial charge is 0.0864 e. The van der Waals surface area contributed by atoms with Gasteiger partial charge in [-0.2, -0.15) is 0 Å². The summed E-state index contributed by atoms with van der Waals surface area (Å²) in [5.41, 5.74) is 1.23. The van der Waals surface area contributed by atoms with Crippen LogP contribution < -0.4 is 5.32 Å². The van der Waals surface area contributed by atoms with Gasteiger partial charge < -0.3 is 15.5 Å². The summed E-state index contributed by atoms with van der Waals surface area (Å²) in [7, 11) is 1.93. The van der Waals surface area contributed by atoms with Gasteiger partial charge in [0.1, 0.15) is 0 Å². The van der Waals surface area contributed by atoms with Crippen LogP contribution in [0.4, 0.5) is 0 Å². The molecule has 0 aliphatic heterocycles. The molecule has 3 N–H and O–H groups in total. The highest BCUT2D eigenvalue weighted by molar-refractivity contribution is 7.99. The maximum atomic E-state index is 9.26. The Bertz CT molecular complexity index is 320. The van der Waals surface area contributed by atoms with E-state index in [0.717, 1.165) is 4.90 Å². The van der Waals surface area contributed by atoms with Crippen LogP contribution in [0, 0.1) is 0 Å². The fraction of sp³-hybridized carbons (Fsp3) is 0.500. The molecule has 1 aromatic rings. The van der Waals surface area contributed by atoms with Crippen molar-refractivity contribution in [2.75, 3.05) is 19.4 Å². The lowest BCUT2D eigenvalue weighted by molar-refractivity contribution is 0.113. The summed E-state index contributed by atoms with van der Waals surface area (Å²) in [5.74, 6) is 0.522. The molecule has 0 radical (unpaired) electrons. The molecule has 0 heterocycles. The molecular formula is C12H19NO2S. The Balaban J connectivity index is 2.60. The first-order valence-electron chi connectivity index (χ1n) is 5.36. The van der Waals surface area contributed by atoms with E-state index in [2.05, 4.69) is 24.4 Å². The molecule has 0 fully saturated rings. The zero-order valence-corrected chi connectivity index (χ0v) is 10.5. The minimum Gasteiger partial charge on any atom is -0.394 e. The molecule has 16 heavy (non-hydrogen) atoms. The van der Waals surface area contributed by atoms with E-state index in [1.54, 1.807) is 11.8 Å². The Labute approximate surface area is 101 Å². The first-order chi connectivity index (χ1) is 7.67. The van der Waals surface area contributed by atoms with Crippen molar-refractivity contribution in [3.63, 3.8) is 0 Å². The Hall–Kier alpha value is -0.550. The Morgan fingerprint density at radius 2 is 2.19 bits per heavy atom. The highest BCUT2D eigenvalue weighted by atomic mass is 32.2. The molecule has 1 aromatic carbocycles. The van der Waals surface area contributed by atoms with Crippen LogP contribution in [0.25, 0.3) is 0 Å². The van der Waals surface area contributed by atoms with E-state index in [0.29, 0.717) is 11.8 Å². The lowest BCUT2D eigenvalue weighted by atomic mass is 10.1. The van der Waals surface area contributed by atoms with Crippen molar-refractivity contribution in [1.82, 2.24) is 5.32 Å². The second-order valence-corrected chi connectivity index (χ2v) is 4.82. The lowest BCUT2D eigenvalue weighted by Gasteiger charge is -2.12. The molecule has 3 nitrogen and oxygen atoms in total. The van der Waals surface area contributed by atoms with Crippen LogP contribution >= 0.6 is 11.8 Å². The van der Waals surface area contributed by atoms with Gasteiger partial charge in [0.15, 0.2) is 0 Å². The van der Waals surface area contributed by atoms with Gasteiger partial charge in [-0.3, -0.25) is 0 Å². The lowest BCUT2D eigenvalue weighted by Crippen LogP contribution is -2.14. The average molecular weight is 241 g/mol. The molecule has 0 aliphatic carbocycles. The number of thioether (sulfide) groups is 1. The second kappa shape index (κ2) is 6.91. The molecule has 2 unspecified atom stereocenters. The third kappa shape index (κ3) is 4.14. The SMILES string of the molecule is CNC(C)c1cccc(SCC(O)CO)c1. The van der Waals surface area contributed by atoms with Crippen molar-refractivity contribution in [2.45, 2.75) is 24.0 Å². The minimum atomic E-state index is -0.643. The third-order valence-electron chi connectivity index (χ3n) is 2.44. The fourth-order valence-corrected chi connectivity index (χ4v) is 2.17. The van der Waals surface area contributed by atoms with Crippen LogP contribution in [0.2, 0.25) is 0 Å². The molecule has 0 saturated heterocycles. The fourth-order valence-electron chi connectivity index (χ4n) is 1.29. The van der Waals surface area contributed by atoms with Gasteiger partial charge in [-0.05, 0) is 31.7 Å².